The summed E-state index contributed by atoms with van der Waals surface area (Å²) in [6.07, 6.45) is 1.64. The molecule has 2 aliphatic heterocycles. The van der Waals surface area contributed by atoms with E-state index in [0.717, 1.165) is 11.0 Å². The zero-order valence-electron chi connectivity index (χ0n) is 10.5. The first-order chi connectivity index (χ1) is 9.31. The fraction of sp³-hybridized carbons (Fsp3) is 0.250. The van der Waals surface area contributed by atoms with Crippen molar-refractivity contribution in [2.45, 2.75) is 18.5 Å². The topological polar surface area (TPSA) is 15.3 Å². The summed E-state index contributed by atoms with van der Waals surface area (Å²) in [4.78, 5) is 2.50. The van der Waals surface area contributed by atoms with Crippen molar-refractivity contribution in [3.63, 3.8) is 0 Å². The Labute approximate surface area is 121 Å². The number of fused-ring (bicyclic) bond motifs is 3. The van der Waals surface area contributed by atoms with Crippen LogP contribution in [0.3, 0.4) is 0 Å². The van der Waals surface area contributed by atoms with Crippen LogP contribution in [0.1, 0.15) is 17.9 Å². The van der Waals surface area contributed by atoms with Gasteiger partial charge in [-0.15, -0.1) is 0 Å². The van der Waals surface area contributed by atoms with Gasteiger partial charge in [-0.2, -0.15) is 0 Å². The number of nitrogens with zero attached hydrogens (tertiary/aromatic N) is 1. The van der Waals surface area contributed by atoms with Crippen LogP contribution in [0.2, 0.25) is 0 Å². The van der Waals surface area contributed by atoms with Gasteiger partial charge < -0.3 is 10.2 Å². The first-order valence-electron chi connectivity index (χ1n) is 6.69. The van der Waals surface area contributed by atoms with Crippen molar-refractivity contribution >= 4 is 27.3 Å². The lowest BCUT2D eigenvalue weighted by atomic mass is 9.98. The summed E-state index contributed by atoms with van der Waals surface area (Å²) in [5, 5.41) is 3.62. The van der Waals surface area contributed by atoms with E-state index in [0.29, 0.717) is 12.1 Å². The van der Waals surface area contributed by atoms with E-state index in [4.69, 9.17) is 0 Å². The molecule has 0 spiro atoms. The molecule has 2 atom stereocenters. The minimum absolute atomic E-state index is 0.464. The van der Waals surface area contributed by atoms with Crippen LogP contribution in [0, 0.1) is 0 Å². The molecule has 2 aromatic carbocycles. The van der Waals surface area contributed by atoms with Crippen molar-refractivity contribution in [3.05, 3.63) is 58.6 Å². The fourth-order valence-corrected chi connectivity index (χ4v) is 3.51. The first-order valence-corrected chi connectivity index (χ1v) is 7.48. The van der Waals surface area contributed by atoms with Gasteiger partial charge in [-0.25, -0.2) is 0 Å². The minimum atomic E-state index is 0.464. The minimum Gasteiger partial charge on any atom is -0.363 e. The molecule has 2 aromatic rings. The molecule has 3 heteroatoms. The van der Waals surface area contributed by atoms with Gasteiger partial charge >= 0.3 is 0 Å². The lowest BCUT2D eigenvalue weighted by Gasteiger charge is -2.17. The van der Waals surface area contributed by atoms with E-state index >= 15 is 0 Å². The third-order valence-electron chi connectivity index (χ3n) is 4.18. The van der Waals surface area contributed by atoms with Crippen LogP contribution in [-0.4, -0.2) is 12.7 Å². The highest BCUT2D eigenvalue weighted by Crippen LogP contribution is 2.43. The Morgan fingerprint density at radius 1 is 1.05 bits per heavy atom. The number of hydrogen-bond acceptors (Lipinski definition) is 2. The van der Waals surface area contributed by atoms with Crippen LogP contribution in [0.15, 0.2) is 53.0 Å². The van der Waals surface area contributed by atoms with Gasteiger partial charge in [-0.1, -0.05) is 40.2 Å². The van der Waals surface area contributed by atoms with Gasteiger partial charge in [0, 0.05) is 16.9 Å². The molecule has 1 N–H and O–H groups in total. The molecule has 19 heavy (non-hydrogen) atoms. The average molecular weight is 315 g/mol. The van der Waals surface area contributed by atoms with Crippen molar-refractivity contribution in [3.8, 4) is 0 Å². The predicted octanol–water partition coefficient (Wildman–Crippen LogP) is 4.19. The van der Waals surface area contributed by atoms with Crippen molar-refractivity contribution < 1.29 is 0 Å². The SMILES string of the molecule is Brc1ccc([C@H]2CC3Nc4ccccc4N3C2)cc1. The van der Waals surface area contributed by atoms with Gasteiger partial charge in [0.2, 0.25) is 0 Å². The molecule has 4 rings (SSSR count). The molecule has 1 fully saturated rings. The molecule has 0 aliphatic carbocycles. The normalized spacial score (nSPS) is 23.9. The second kappa shape index (κ2) is 4.27. The largest absolute Gasteiger partial charge is 0.363 e. The van der Waals surface area contributed by atoms with E-state index in [9.17, 15) is 0 Å². The molecule has 1 saturated heterocycles. The lowest BCUT2D eigenvalue weighted by Crippen LogP contribution is -2.28. The lowest BCUT2D eigenvalue weighted by molar-refractivity contribution is 0.720. The second-order valence-corrected chi connectivity index (χ2v) is 6.23. The van der Waals surface area contributed by atoms with Gasteiger partial charge in [-0.05, 0) is 36.2 Å². The van der Waals surface area contributed by atoms with E-state index in [2.05, 4.69) is 74.7 Å². The number of halogens is 1. The zero-order chi connectivity index (χ0) is 12.8. The van der Waals surface area contributed by atoms with Crippen molar-refractivity contribution in [1.82, 2.24) is 0 Å². The molecule has 0 radical (unpaired) electrons. The van der Waals surface area contributed by atoms with Crippen molar-refractivity contribution in [2.24, 2.45) is 0 Å². The van der Waals surface area contributed by atoms with Crippen LogP contribution in [0.4, 0.5) is 11.4 Å². The van der Waals surface area contributed by atoms with Crippen molar-refractivity contribution in [2.75, 3.05) is 16.8 Å². The Morgan fingerprint density at radius 3 is 2.68 bits per heavy atom. The van der Waals surface area contributed by atoms with Gasteiger partial charge in [0.1, 0.15) is 0 Å². The average Bonchev–Trinajstić information content (AvgIpc) is 2.97. The summed E-state index contributed by atoms with van der Waals surface area (Å²) in [5.74, 6) is 0.624. The fourth-order valence-electron chi connectivity index (χ4n) is 3.24. The maximum absolute atomic E-state index is 3.62. The zero-order valence-corrected chi connectivity index (χ0v) is 12.1. The Morgan fingerprint density at radius 2 is 1.84 bits per heavy atom. The van der Waals surface area contributed by atoms with Gasteiger partial charge in [0.05, 0.1) is 17.5 Å². The number of hydrogen-bond donors (Lipinski definition) is 1. The van der Waals surface area contributed by atoms with E-state index in [1.165, 1.54) is 23.4 Å². The molecule has 0 aromatic heterocycles. The molecule has 0 saturated carbocycles. The Kier molecular flexibility index (Phi) is 2.55. The van der Waals surface area contributed by atoms with Crippen molar-refractivity contribution in [1.29, 1.82) is 0 Å². The van der Waals surface area contributed by atoms with Crippen LogP contribution in [0.5, 0.6) is 0 Å². The van der Waals surface area contributed by atoms with E-state index in [-0.39, 0.29) is 0 Å². The number of nitrogens with one attached hydrogen (secondary N) is 1. The molecule has 1 unspecified atom stereocenters. The van der Waals surface area contributed by atoms with E-state index in [1.54, 1.807) is 0 Å². The standard InChI is InChI=1S/C16H15BrN2/c17-13-7-5-11(6-8-13)12-9-16-18-14-3-1-2-4-15(14)19(16)10-12/h1-8,12,16,18H,9-10H2/t12-,16?/m0/s1. The predicted molar refractivity (Wildman–Crippen MR) is 82.7 cm³/mol. The van der Waals surface area contributed by atoms with Crippen LogP contribution in [0.25, 0.3) is 0 Å². The van der Waals surface area contributed by atoms with Crippen LogP contribution < -0.4 is 10.2 Å². The molecule has 2 heterocycles. The number of rotatable bonds is 1. The maximum atomic E-state index is 3.62. The highest BCUT2D eigenvalue weighted by atomic mass is 79.9. The van der Waals surface area contributed by atoms with E-state index < -0.39 is 0 Å². The highest BCUT2D eigenvalue weighted by molar-refractivity contribution is 9.10. The molecular weight excluding hydrogens is 300 g/mol. The van der Waals surface area contributed by atoms with E-state index in [1.807, 2.05) is 0 Å². The summed E-state index contributed by atoms with van der Waals surface area (Å²) in [6, 6.07) is 17.4. The quantitative estimate of drug-likeness (QED) is 0.849. The van der Waals surface area contributed by atoms with Gasteiger partial charge in [-0.3, -0.25) is 0 Å². The summed E-state index contributed by atoms with van der Waals surface area (Å²) in [7, 11) is 0. The van der Waals surface area contributed by atoms with Gasteiger partial charge in [0.25, 0.3) is 0 Å². The molecular formula is C16H15BrN2. The monoisotopic (exact) mass is 314 g/mol. The Hall–Kier alpha value is -1.48. The number of benzene rings is 2. The Bertz CT molecular complexity index is 608. The molecule has 96 valence electrons. The summed E-state index contributed by atoms with van der Waals surface area (Å²) in [6.45, 7) is 1.11. The summed E-state index contributed by atoms with van der Waals surface area (Å²) < 4.78 is 1.15. The van der Waals surface area contributed by atoms with Gasteiger partial charge in [0.15, 0.2) is 0 Å². The highest BCUT2D eigenvalue weighted by Gasteiger charge is 2.38. The van der Waals surface area contributed by atoms with Crippen LogP contribution >= 0.6 is 15.9 Å². The molecule has 0 bridgehead atoms. The first kappa shape index (κ1) is 11.4. The summed E-state index contributed by atoms with van der Waals surface area (Å²) >= 11 is 3.50. The molecule has 0 amide bonds. The third-order valence-corrected chi connectivity index (χ3v) is 4.71. The number of anilines is 2. The third kappa shape index (κ3) is 1.84. The Balaban J connectivity index is 1.61. The second-order valence-electron chi connectivity index (χ2n) is 5.31. The maximum Gasteiger partial charge on any atom is 0.0997 e. The summed E-state index contributed by atoms with van der Waals surface area (Å²) in [5.41, 5.74) is 4.07. The molecule has 2 nitrogen and oxygen atoms in total. The smallest absolute Gasteiger partial charge is 0.0997 e. The number of para-hydroxylation sites is 2. The molecule has 2 aliphatic rings. The van der Waals surface area contributed by atoms with Crippen LogP contribution in [-0.2, 0) is 0 Å².